The molecule has 0 radical (unpaired) electrons. The smallest absolute Gasteiger partial charge is 0.307 e. The minimum Gasteiger partial charge on any atom is -0.481 e. The van der Waals surface area contributed by atoms with Crippen molar-refractivity contribution < 1.29 is 19.0 Å². The van der Waals surface area contributed by atoms with E-state index in [2.05, 4.69) is 0 Å². The standard InChI is InChI=1S/C13H15FO3/c14-13(5-7-17-8-6-13)11-3-1-10(2-4-11)9-12(15)16/h1-4H,5-9H2,(H,15,16). The molecule has 1 aromatic carbocycles. The molecule has 17 heavy (non-hydrogen) atoms. The Morgan fingerprint density at radius 2 is 1.88 bits per heavy atom. The molecule has 0 amide bonds. The zero-order valence-electron chi connectivity index (χ0n) is 9.49. The summed E-state index contributed by atoms with van der Waals surface area (Å²) >= 11 is 0. The predicted molar refractivity (Wildman–Crippen MR) is 60.6 cm³/mol. The van der Waals surface area contributed by atoms with Crippen LogP contribution < -0.4 is 0 Å². The van der Waals surface area contributed by atoms with E-state index in [0.717, 1.165) is 0 Å². The third-order valence-electron chi connectivity index (χ3n) is 3.11. The molecule has 1 fully saturated rings. The van der Waals surface area contributed by atoms with Crippen LogP contribution in [-0.2, 0) is 21.6 Å². The maximum absolute atomic E-state index is 14.5. The van der Waals surface area contributed by atoms with Crippen LogP contribution in [0.15, 0.2) is 24.3 Å². The lowest BCUT2D eigenvalue weighted by Gasteiger charge is -2.30. The molecular weight excluding hydrogens is 223 g/mol. The van der Waals surface area contributed by atoms with Crippen LogP contribution in [0.25, 0.3) is 0 Å². The molecule has 3 nitrogen and oxygen atoms in total. The van der Waals surface area contributed by atoms with Crippen molar-refractivity contribution in [3.63, 3.8) is 0 Å². The quantitative estimate of drug-likeness (QED) is 0.878. The van der Waals surface area contributed by atoms with E-state index in [1.54, 1.807) is 24.3 Å². The molecule has 0 atom stereocenters. The average molecular weight is 238 g/mol. The molecule has 0 bridgehead atoms. The second kappa shape index (κ2) is 4.84. The zero-order chi connectivity index (χ0) is 12.3. The lowest BCUT2D eigenvalue weighted by molar-refractivity contribution is -0.136. The van der Waals surface area contributed by atoms with Crippen LogP contribution in [0, 0.1) is 0 Å². The molecular formula is C13H15FO3. The van der Waals surface area contributed by atoms with Gasteiger partial charge in [-0.3, -0.25) is 4.79 Å². The summed E-state index contributed by atoms with van der Waals surface area (Å²) < 4.78 is 19.6. The first-order chi connectivity index (χ1) is 8.10. The molecule has 1 aliphatic heterocycles. The molecule has 1 N–H and O–H groups in total. The number of carboxylic acids is 1. The summed E-state index contributed by atoms with van der Waals surface area (Å²) in [5.74, 6) is -0.876. The van der Waals surface area contributed by atoms with Crippen LogP contribution in [0.1, 0.15) is 24.0 Å². The highest BCUT2D eigenvalue weighted by Gasteiger charge is 2.34. The molecule has 0 spiro atoms. The fourth-order valence-electron chi connectivity index (χ4n) is 2.08. The van der Waals surface area contributed by atoms with E-state index in [1.165, 1.54) is 0 Å². The second-order valence-electron chi connectivity index (χ2n) is 4.35. The Bertz CT molecular complexity index is 394. The van der Waals surface area contributed by atoms with E-state index in [1.807, 2.05) is 0 Å². The van der Waals surface area contributed by atoms with Crippen molar-refractivity contribution in [2.24, 2.45) is 0 Å². The first-order valence-corrected chi connectivity index (χ1v) is 5.68. The Morgan fingerprint density at radius 1 is 1.29 bits per heavy atom. The number of halogens is 1. The van der Waals surface area contributed by atoms with Crippen LogP contribution in [0.4, 0.5) is 4.39 Å². The number of carboxylic acid groups (broad SMARTS) is 1. The number of hydrogen-bond donors (Lipinski definition) is 1. The minimum atomic E-state index is -1.32. The summed E-state index contributed by atoms with van der Waals surface area (Å²) in [6.07, 6.45) is 0.708. The first kappa shape index (κ1) is 12.0. The molecule has 4 heteroatoms. The molecule has 0 aromatic heterocycles. The lowest BCUT2D eigenvalue weighted by Crippen LogP contribution is -2.29. The van der Waals surface area contributed by atoms with Gasteiger partial charge in [-0.2, -0.15) is 0 Å². The fraction of sp³-hybridized carbons (Fsp3) is 0.462. The fourth-order valence-corrected chi connectivity index (χ4v) is 2.08. The van der Waals surface area contributed by atoms with Gasteiger partial charge in [0.25, 0.3) is 0 Å². The van der Waals surface area contributed by atoms with E-state index in [9.17, 15) is 9.18 Å². The molecule has 1 aliphatic rings. The Labute approximate surface area is 99.2 Å². The van der Waals surface area contributed by atoms with Gasteiger partial charge in [0.2, 0.25) is 0 Å². The number of ether oxygens (including phenoxy) is 1. The highest BCUT2D eigenvalue weighted by atomic mass is 19.1. The highest BCUT2D eigenvalue weighted by molar-refractivity contribution is 5.70. The van der Waals surface area contributed by atoms with E-state index in [-0.39, 0.29) is 6.42 Å². The summed E-state index contributed by atoms with van der Waals surface area (Å²) in [5, 5.41) is 8.65. The van der Waals surface area contributed by atoms with Gasteiger partial charge in [0.15, 0.2) is 0 Å². The molecule has 92 valence electrons. The lowest BCUT2D eigenvalue weighted by atomic mass is 9.88. The van der Waals surface area contributed by atoms with Gasteiger partial charge in [0, 0.05) is 26.1 Å². The molecule has 2 rings (SSSR count). The number of rotatable bonds is 3. The van der Waals surface area contributed by atoms with Crippen molar-refractivity contribution in [1.29, 1.82) is 0 Å². The Kier molecular flexibility index (Phi) is 3.43. The summed E-state index contributed by atoms with van der Waals surface area (Å²) in [6, 6.07) is 6.73. The number of benzene rings is 1. The largest absolute Gasteiger partial charge is 0.481 e. The van der Waals surface area contributed by atoms with Crippen molar-refractivity contribution >= 4 is 5.97 Å². The Morgan fingerprint density at radius 3 is 2.41 bits per heavy atom. The molecule has 0 aliphatic carbocycles. The predicted octanol–water partition coefficient (Wildman–Crippen LogP) is 2.29. The summed E-state index contributed by atoms with van der Waals surface area (Å²) in [5.41, 5.74) is -0.00754. The number of hydrogen-bond acceptors (Lipinski definition) is 2. The SMILES string of the molecule is O=C(O)Cc1ccc(C2(F)CCOCC2)cc1. The van der Waals surface area contributed by atoms with Crippen LogP contribution in [0.2, 0.25) is 0 Å². The van der Waals surface area contributed by atoms with Gasteiger partial charge < -0.3 is 9.84 Å². The van der Waals surface area contributed by atoms with Crippen LogP contribution in [-0.4, -0.2) is 24.3 Å². The number of alkyl halides is 1. The van der Waals surface area contributed by atoms with Crippen LogP contribution in [0.5, 0.6) is 0 Å². The normalized spacial score (nSPS) is 18.9. The minimum absolute atomic E-state index is 0.0251. The molecule has 1 saturated heterocycles. The van der Waals surface area contributed by atoms with E-state index < -0.39 is 11.6 Å². The molecule has 1 aromatic rings. The first-order valence-electron chi connectivity index (χ1n) is 5.68. The third kappa shape index (κ3) is 2.82. The van der Waals surface area contributed by atoms with Crippen molar-refractivity contribution in [3.8, 4) is 0 Å². The van der Waals surface area contributed by atoms with Gasteiger partial charge in [-0.05, 0) is 11.1 Å². The van der Waals surface area contributed by atoms with Crippen molar-refractivity contribution in [1.82, 2.24) is 0 Å². The number of aliphatic carboxylic acids is 1. The van der Waals surface area contributed by atoms with Gasteiger partial charge >= 0.3 is 5.97 Å². The maximum Gasteiger partial charge on any atom is 0.307 e. The molecule has 0 saturated carbocycles. The van der Waals surface area contributed by atoms with Gasteiger partial charge in [-0.25, -0.2) is 4.39 Å². The van der Waals surface area contributed by atoms with E-state index >= 15 is 0 Å². The van der Waals surface area contributed by atoms with Crippen molar-refractivity contribution in [2.45, 2.75) is 24.9 Å². The van der Waals surface area contributed by atoms with Gasteiger partial charge in [-0.1, -0.05) is 24.3 Å². The number of carbonyl (C=O) groups is 1. The Hall–Kier alpha value is -1.42. The summed E-state index contributed by atoms with van der Waals surface area (Å²) in [4.78, 5) is 10.5. The molecule has 0 unspecified atom stereocenters. The topological polar surface area (TPSA) is 46.5 Å². The maximum atomic E-state index is 14.5. The van der Waals surface area contributed by atoms with Crippen molar-refractivity contribution in [2.75, 3.05) is 13.2 Å². The van der Waals surface area contributed by atoms with Gasteiger partial charge in [0.1, 0.15) is 5.67 Å². The van der Waals surface area contributed by atoms with Gasteiger partial charge in [-0.15, -0.1) is 0 Å². The third-order valence-corrected chi connectivity index (χ3v) is 3.11. The van der Waals surface area contributed by atoms with E-state index in [0.29, 0.717) is 37.2 Å². The molecule has 1 heterocycles. The Balaban J connectivity index is 2.13. The summed E-state index contributed by atoms with van der Waals surface area (Å²) in [6.45, 7) is 0.876. The summed E-state index contributed by atoms with van der Waals surface area (Å²) in [7, 11) is 0. The highest BCUT2D eigenvalue weighted by Crippen LogP contribution is 2.36. The average Bonchev–Trinajstić information content (AvgIpc) is 2.30. The van der Waals surface area contributed by atoms with Gasteiger partial charge in [0.05, 0.1) is 6.42 Å². The van der Waals surface area contributed by atoms with Crippen molar-refractivity contribution in [3.05, 3.63) is 35.4 Å². The monoisotopic (exact) mass is 238 g/mol. The van der Waals surface area contributed by atoms with Crippen LogP contribution in [0.3, 0.4) is 0 Å². The van der Waals surface area contributed by atoms with E-state index in [4.69, 9.17) is 9.84 Å². The zero-order valence-corrected chi connectivity index (χ0v) is 9.49. The van der Waals surface area contributed by atoms with Crippen LogP contribution >= 0.6 is 0 Å². The second-order valence-corrected chi connectivity index (χ2v) is 4.35.